The van der Waals surface area contributed by atoms with Crippen LogP contribution in [0.3, 0.4) is 0 Å². The second-order valence-electron chi connectivity index (χ2n) is 14.5. The summed E-state index contributed by atoms with van der Waals surface area (Å²) in [5, 5.41) is 6.81. The molecule has 0 saturated carbocycles. The maximum absolute atomic E-state index is 6.41. The van der Waals surface area contributed by atoms with Gasteiger partial charge in [-0.05, 0) is 105 Å². The average molecular weight is 668 g/mol. The van der Waals surface area contributed by atoms with Crippen LogP contribution in [0.15, 0.2) is 173 Å². The first-order chi connectivity index (χ1) is 25.5. The second kappa shape index (κ2) is 10.7. The van der Waals surface area contributed by atoms with Gasteiger partial charge >= 0.3 is 0 Å². The maximum atomic E-state index is 6.41. The van der Waals surface area contributed by atoms with Gasteiger partial charge in [0.15, 0.2) is 0 Å². The molecule has 3 nitrogen and oxygen atoms in total. The third-order valence-corrected chi connectivity index (χ3v) is 11.3. The van der Waals surface area contributed by atoms with Crippen LogP contribution in [0, 0.1) is 0 Å². The first-order valence-corrected chi connectivity index (χ1v) is 17.9. The summed E-state index contributed by atoms with van der Waals surface area (Å²) in [7, 11) is 0. The summed E-state index contributed by atoms with van der Waals surface area (Å²) >= 11 is 0. The van der Waals surface area contributed by atoms with Gasteiger partial charge in [-0.3, -0.25) is 0 Å². The molecule has 52 heavy (non-hydrogen) atoms. The molecule has 1 aliphatic carbocycles. The van der Waals surface area contributed by atoms with E-state index in [2.05, 4.69) is 158 Å². The van der Waals surface area contributed by atoms with Gasteiger partial charge in [0.1, 0.15) is 22.3 Å². The van der Waals surface area contributed by atoms with Gasteiger partial charge in [-0.1, -0.05) is 111 Å². The number of fused-ring (bicyclic) bond motifs is 11. The van der Waals surface area contributed by atoms with E-state index in [1.807, 2.05) is 24.3 Å². The third kappa shape index (κ3) is 4.20. The van der Waals surface area contributed by atoms with Gasteiger partial charge < -0.3 is 13.7 Å². The van der Waals surface area contributed by atoms with Crippen LogP contribution >= 0.6 is 0 Å². The first kappa shape index (κ1) is 29.2. The number of nitrogens with zero attached hydrogens (tertiary/aromatic N) is 1. The van der Waals surface area contributed by atoms with E-state index < -0.39 is 0 Å². The summed E-state index contributed by atoms with van der Waals surface area (Å²) in [5.74, 6) is 0. The number of hydrogen-bond donors (Lipinski definition) is 0. The Morgan fingerprint density at radius 1 is 0.404 bits per heavy atom. The standard InChI is InChI=1S/C49H33NO2/c1-49(2)43-12-6-3-9-36(43)41-28-34(22-25-44(41)49)50(35-23-26-47-42(29-35)38-11-5-7-13-45(38)51-47)33-20-17-30(18-21-33)32-16-15-31-19-24-39-37-10-4-8-14-46(37)52-48(39)40(31)27-32/h3-29H,1-2H3. The van der Waals surface area contributed by atoms with Crippen molar-refractivity contribution in [2.45, 2.75) is 19.3 Å². The molecule has 0 fully saturated rings. The highest BCUT2D eigenvalue weighted by Crippen LogP contribution is 2.51. The van der Waals surface area contributed by atoms with Crippen molar-refractivity contribution in [3.63, 3.8) is 0 Å². The van der Waals surface area contributed by atoms with E-state index in [0.717, 1.165) is 77.5 Å². The van der Waals surface area contributed by atoms with E-state index in [1.165, 1.54) is 27.6 Å². The minimum absolute atomic E-state index is 0.0562. The van der Waals surface area contributed by atoms with Crippen molar-refractivity contribution in [3.8, 4) is 22.3 Å². The second-order valence-corrected chi connectivity index (χ2v) is 14.5. The van der Waals surface area contributed by atoms with E-state index in [4.69, 9.17) is 8.83 Å². The highest BCUT2D eigenvalue weighted by molar-refractivity contribution is 6.15. The summed E-state index contributed by atoms with van der Waals surface area (Å²) in [6.45, 7) is 4.66. The Morgan fingerprint density at radius 3 is 1.87 bits per heavy atom. The Bertz CT molecular complexity index is 3050. The molecule has 0 spiro atoms. The van der Waals surface area contributed by atoms with Crippen LogP contribution in [-0.2, 0) is 5.41 Å². The van der Waals surface area contributed by atoms with Crippen LogP contribution < -0.4 is 4.90 Å². The summed E-state index contributed by atoms with van der Waals surface area (Å²) in [6, 6.07) is 58.9. The van der Waals surface area contributed by atoms with E-state index >= 15 is 0 Å². The van der Waals surface area contributed by atoms with E-state index in [-0.39, 0.29) is 5.41 Å². The van der Waals surface area contributed by atoms with Crippen molar-refractivity contribution >= 4 is 71.7 Å². The van der Waals surface area contributed by atoms with Crippen LogP contribution in [0.2, 0.25) is 0 Å². The summed E-state index contributed by atoms with van der Waals surface area (Å²) in [4.78, 5) is 2.37. The van der Waals surface area contributed by atoms with Gasteiger partial charge in [0.2, 0.25) is 0 Å². The molecule has 0 radical (unpaired) electrons. The van der Waals surface area contributed by atoms with Gasteiger partial charge in [0.25, 0.3) is 0 Å². The van der Waals surface area contributed by atoms with Gasteiger partial charge in [-0.25, -0.2) is 0 Å². The molecule has 0 saturated heterocycles. The van der Waals surface area contributed by atoms with Gasteiger partial charge in [0, 0.05) is 49.4 Å². The number of furan rings is 2. The zero-order valence-electron chi connectivity index (χ0n) is 28.9. The van der Waals surface area contributed by atoms with Gasteiger partial charge in [-0.15, -0.1) is 0 Å². The van der Waals surface area contributed by atoms with Crippen LogP contribution in [-0.4, -0.2) is 0 Å². The molecular formula is C49H33NO2. The van der Waals surface area contributed by atoms with E-state index in [0.29, 0.717) is 0 Å². The minimum atomic E-state index is -0.0562. The molecular weight excluding hydrogens is 635 g/mol. The molecule has 0 N–H and O–H groups in total. The molecule has 0 amide bonds. The third-order valence-electron chi connectivity index (χ3n) is 11.3. The monoisotopic (exact) mass is 667 g/mol. The summed E-state index contributed by atoms with van der Waals surface area (Å²) < 4.78 is 12.6. The minimum Gasteiger partial charge on any atom is -0.456 e. The quantitative estimate of drug-likeness (QED) is 0.187. The Morgan fingerprint density at radius 2 is 1.02 bits per heavy atom. The van der Waals surface area contributed by atoms with E-state index in [9.17, 15) is 0 Å². The van der Waals surface area contributed by atoms with Crippen LogP contribution in [0.5, 0.6) is 0 Å². The Hall–Kier alpha value is -6.58. The average Bonchev–Trinajstić information content (AvgIpc) is 3.83. The van der Waals surface area contributed by atoms with Crippen LogP contribution in [0.25, 0.3) is 76.9 Å². The van der Waals surface area contributed by atoms with Crippen LogP contribution in [0.4, 0.5) is 17.1 Å². The zero-order valence-corrected chi connectivity index (χ0v) is 28.9. The Kier molecular flexibility index (Phi) is 6.01. The largest absolute Gasteiger partial charge is 0.456 e. The van der Waals surface area contributed by atoms with Crippen molar-refractivity contribution in [2.24, 2.45) is 0 Å². The zero-order chi connectivity index (χ0) is 34.6. The van der Waals surface area contributed by atoms with Crippen molar-refractivity contribution < 1.29 is 8.83 Å². The number of benzene rings is 8. The SMILES string of the molecule is CC1(C)c2ccccc2-c2cc(N(c3ccc(-c4ccc5ccc6c7ccccc7oc6c5c4)cc3)c3ccc4oc5ccccc5c4c3)ccc21. The number of anilines is 3. The van der Waals surface area contributed by atoms with Crippen molar-refractivity contribution in [2.75, 3.05) is 4.90 Å². The van der Waals surface area contributed by atoms with Crippen molar-refractivity contribution in [3.05, 3.63) is 175 Å². The molecule has 0 unspecified atom stereocenters. The fraction of sp³-hybridized carbons (Fsp3) is 0.0612. The molecule has 1 aliphatic rings. The molecule has 0 aliphatic heterocycles. The van der Waals surface area contributed by atoms with Crippen molar-refractivity contribution in [1.29, 1.82) is 0 Å². The topological polar surface area (TPSA) is 29.5 Å². The number of rotatable bonds is 4. The number of hydrogen-bond acceptors (Lipinski definition) is 3. The van der Waals surface area contributed by atoms with E-state index in [1.54, 1.807) is 0 Å². The lowest BCUT2D eigenvalue weighted by molar-refractivity contribution is 0.660. The molecule has 0 atom stereocenters. The summed E-state index contributed by atoms with van der Waals surface area (Å²) in [6.07, 6.45) is 0. The fourth-order valence-electron chi connectivity index (χ4n) is 8.63. The fourth-order valence-corrected chi connectivity index (χ4v) is 8.63. The molecule has 8 aromatic carbocycles. The lowest BCUT2D eigenvalue weighted by atomic mass is 9.82. The maximum Gasteiger partial charge on any atom is 0.143 e. The lowest BCUT2D eigenvalue weighted by Gasteiger charge is -2.27. The molecule has 246 valence electrons. The summed E-state index contributed by atoms with van der Waals surface area (Å²) in [5.41, 5.74) is 14.5. The van der Waals surface area contributed by atoms with Crippen molar-refractivity contribution in [1.82, 2.24) is 0 Å². The number of para-hydroxylation sites is 2. The Labute approximate surface area is 301 Å². The molecule has 11 rings (SSSR count). The van der Waals surface area contributed by atoms with Gasteiger partial charge in [0.05, 0.1) is 0 Å². The molecule has 10 aromatic rings. The molecule has 3 heteroatoms. The molecule has 2 aromatic heterocycles. The smallest absolute Gasteiger partial charge is 0.143 e. The Balaban J connectivity index is 1.06. The van der Waals surface area contributed by atoms with Crippen LogP contribution in [0.1, 0.15) is 25.0 Å². The predicted molar refractivity (Wildman–Crippen MR) is 216 cm³/mol. The normalized spacial score (nSPS) is 13.3. The highest BCUT2D eigenvalue weighted by Gasteiger charge is 2.35. The first-order valence-electron chi connectivity index (χ1n) is 17.9. The lowest BCUT2D eigenvalue weighted by Crippen LogP contribution is -2.15. The molecule has 0 bridgehead atoms. The predicted octanol–water partition coefficient (Wildman–Crippen LogP) is 14.1. The van der Waals surface area contributed by atoms with Gasteiger partial charge in [-0.2, -0.15) is 0 Å². The molecule has 2 heterocycles. The highest BCUT2D eigenvalue weighted by atomic mass is 16.3.